The molecule has 140 valence electrons. The maximum absolute atomic E-state index is 13.8. The summed E-state index contributed by atoms with van der Waals surface area (Å²) in [6.07, 6.45) is 2.52. The first-order valence-corrected chi connectivity index (χ1v) is 9.38. The summed E-state index contributed by atoms with van der Waals surface area (Å²) in [6, 6.07) is 5.99. The summed E-state index contributed by atoms with van der Waals surface area (Å²) in [4.78, 5) is 6.86. The highest BCUT2D eigenvalue weighted by Crippen LogP contribution is 2.18. The van der Waals surface area contributed by atoms with Crippen LogP contribution in [0.25, 0.3) is 0 Å². The Bertz CT molecular complexity index is 585. The summed E-state index contributed by atoms with van der Waals surface area (Å²) in [6.45, 7) is 11.6. The average Bonchev–Trinajstić information content (AvgIpc) is 2.60. The highest BCUT2D eigenvalue weighted by atomic mass is 19.1. The zero-order chi connectivity index (χ0) is 18.4. The Morgan fingerprint density at radius 3 is 2.76 bits per heavy atom. The lowest BCUT2D eigenvalue weighted by Gasteiger charge is -2.35. The van der Waals surface area contributed by atoms with Gasteiger partial charge in [0.2, 0.25) is 0 Å². The van der Waals surface area contributed by atoms with Gasteiger partial charge in [0, 0.05) is 26.2 Å². The molecule has 0 aliphatic carbocycles. The van der Waals surface area contributed by atoms with Crippen LogP contribution in [0, 0.1) is 18.7 Å². The van der Waals surface area contributed by atoms with Crippen LogP contribution in [0.3, 0.4) is 0 Å². The number of nitrogens with zero attached hydrogens (tertiary/aromatic N) is 2. The van der Waals surface area contributed by atoms with Crippen molar-refractivity contribution in [3.63, 3.8) is 0 Å². The molecule has 1 aliphatic heterocycles. The van der Waals surface area contributed by atoms with Crippen LogP contribution >= 0.6 is 0 Å². The molecule has 2 rings (SSSR count). The van der Waals surface area contributed by atoms with Crippen molar-refractivity contribution in [3.8, 4) is 0 Å². The van der Waals surface area contributed by atoms with Crippen LogP contribution in [0.2, 0.25) is 0 Å². The molecule has 4 nitrogen and oxygen atoms in total. The van der Waals surface area contributed by atoms with E-state index in [0.717, 1.165) is 24.6 Å². The van der Waals surface area contributed by atoms with Crippen LogP contribution in [0.1, 0.15) is 50.8 Å². The minimum absolute atomic E-state index is 0.000168. The molecule has 1 fully saturated rings. The Kier molecular flexibility index (Phi) is 7.24. The number of rotatable bonds is 5. The normalized spacial score (nSPS) is 20.6. The van der Waals surface area contributed by atoms with Crippen molar-refractivity contribution in [1.29, 1.82) is 0 Å². The van der Waals surface area contributed by atoms with Gasteiger partial charge >= 0.3 is 0 Å². The highest BCUT2D eigenvalue weighted by Gasteiger charge is 2.21. The maximum Gasteiger partial charge on any atom is 0.191 e. The number of halogens is 1. The first-order valence-electron chi connectivity index (χ1n) is 9.38. The third kappa shape index (κ3) is 5.70. The molecule has 0 spiro atoms. The third-order valence-electron chi connectivity index (χ3n) is 5.11. The molecule has 1 aromatic rings. The number of guanidine groups is 1. The molecule has 1 saturated heterocycles. The van der Waals surface area contributed by atoms with Crippen molar-refractivity contribution >= 4 is 5.96 Å². The number of hydrogen-bond donors (Lipinski definition) is 2. The van der Waals surface area contributed by atoms with Crippen LogP contribution in [-0.4, -0.2) is 43.6 Å². The predicted octanol–water partition coefficient (Wildman–Crippen LogP) is 3.48. The largest absolute Gasteiger partial charge is 0.356 e. The fourth-order valence-electron chi connectivity index (χ4n) is 3.34. The first kappa shape index (κ1) is 19.7. The van der Waals surface area contributed by atoms with Gasteiger partial charge in [-0.05, 0) is 70.2 Å². The maximum atomic E-state index is 13.8. The molecule has 1 aromatic carbocycles. The Labute approximate surface area is 151 Å². The monoisotopic (exact) mass is 348 g/mol. The fourth-order valence-corrected chi connectivity index (χ4v) is 3.34. The Balaban J connectivity index is 1.86. The van der Waals surface area contributed by atoms with Gasteiger partial charge in [0.05, 0.1) is 6.04 Å². The quantitative estimate of drug-likeness (QED) is 0.632. The van der Waals surface area contributed by atoms with Gasteiger partial charge < -0.3 is 15.5 Å². The lowest BCUT2D eigenvalue weighted by molar-refractivity contribution is 0.141. The van der Waals surface area contributed by atoms with Gasteiger partial charge in [-0.3, -0.25) is 4.99 Å². The van der Waals surface area contributed by atoms with Gasteiger partial charge in [-0.2, -0.15) is 0 Å². The van der Waals surface area contributed by atoms with Gasteiger partial charge in [-0.15, -0.1) is 0 Å². The summed E-state index contributed by atoms with van der Waals surface area (Å²) in [5.74, 6) is 1.25. The van der Waals surface area contributed by atoms with E-state index in [1.807, 2.05) is 19.1 Å². The van der Waals surface area contributed by atoms with Crippen molar-refractivity contribution in [2.75, 3.05) is 26.7 Å². The molecule has 2 unspecified atom stereocenters. The summed E-state index contributed by atoms with van der Waals surface area (Å²) in [7, 11) is 1.78. The average molecular weight is 349 g/mol. The molecular formula is C20H33FN4. The summed E-state index contributed by atoms with van der Waals surface area (Å²) < 4.78 is 13.8. The zero-order valence-corrected chi connectivity index (χ0v) is 16.3. The second-order valence-electron chi connectivity index (χ2n) is 7.42. The van der Waals surface area contributed by atoms with Crippen molar-refractivity contribution in [2.24, 2.45) is 10.9 Å². The van der Waals surface area contributed by atoms with Crippen molar-refractivity contribution in [2.45, 2.75) is 52.6 Å². The van der Waals surface area contributed by atoms with E-state index in [2.05, 4.69) is 34.4 Å². The molecule has 1 heterocycles. The molecular weight excluding hydrogens is 315 g/mol. The van der Waals surface area contributed by atoms with Gasteiger partial charge in [0.1, 0.15) is 5.82 Å². The van der Waals surface area contributed by atoms with Crippen LogP contribution in [0.5, 0.6) is 0 Å². The van der Waals surface area contributed by atoms with Crippen LogP contribution in [-0.2, 0) is 0 Å². The smallest absolute Gasteiger partial charge is 0.191 e. The van der Waals surface area contributed by atoms with Crippen LogP contribution < -0.4 is 10.6 Å². The van der Waals surface area contributed by atoms with E-state index in [9.17, 15) is 4.39 Å². The van der Waals surface area contributed by atoms with Gasteiger partial charge in [0.25, 0.3) is 0 Å². The third-order valence-corrected chi connectivity index (χ3v) is 5.11. The van der Waals surface area contributed by atoms with Crippen molar-refractivity contribution in [3.05, 3.63) is 35.1 Å². The number of aliphatic imine (C=N–C) groups is 1. The van der Waals surface area contributed by atoms with Gasteiger partial charge in [-0.1, -0.05) is 12.1 Å². The summed E-state index contributed by atoms with van der Waals surface area (Å²) in [5.41, 5.74) is 1.60. The molecule has 25 heavy (non-hydrogen) atoms. The molecule has 0 saturated carbocycles. The van der Waals surface area contributed by atoms with E-state index in [1.54, 1.807) is 20.0 Å². The van der Waals surface area contributed by atoms with Crippen LogP contribution in [0.4, 0.5) is 4.39 Å². The molecule has 1 aliphatic rings. The molecule has 0 amide bonds. The molecule has 2 atom stereocenters. The summed E-state index contributed by atoms with van der Waals surface area (Å²) >= 11 is 0. The Morgan fingerprint density at radius 2 is 2.12 bits per heavy atom. The minimum Gasteiger partial charge on any atom is -0.356 e. The minimum atomic E-state index is -0.162. The number of nitrogens with one attached hydrogen (secondary N) is 2. The number of hydrogen-bond acceptors (Lipinski definition) is 2. The number of aryl methyl sites for hydroxylation is 1. The fraction of sp³-hybridized carbons (Fsp3) is 0.650. The van der Waals surface area contributed by atoms with E-state index < -0.39 is 0 Å². The molecule has 2 N–H and O–H groups in total. The molecule has 5 heteroatoms. The SMILES string of the molecule is CN=C(NCC1CCCN(C(C)C)C1)NC(C)c1ccc(C)c(F)c1. The number of benzene rings is 1. The number of likely N-dealkylation sites (tertiary alicyclic amines) is 1. The van der Waals surface area contributed by atoms with Gasteiger partial charge in [-0.25, -0.2) is 4.39 Å². The number of piperidine rings is 1. The first-order chi connectivity index (χ1) is 11.9. The zero-order valence-electron chi connectivity index (χ0n) is 16.3. The van der Waals surface area contributed by atoms with E-state index in [0.29, 0.717) is 17.5 Å². The topological polar surface area (TPSA) is 39.7 Å². The van der Waals surface area contributed by atoms with E-state index >= 15 is 0 Å². The lowest BCUT2D eigenvalue weighted by Crippen LogP contribution is -2.46. The second-order valence-corrected chi connectivity index (χ2v) is 7.42. The Morgan fingerprint density at radius 1 is 1.36 bits per heavy atom. The van der Waals surface area contributed by atoms with E-state index in [4.69, 9.17) is 0 Å². The lowest BCUT2D eigenvalue weighted by atomic mass is 9.97. The highest BCUT2D eigenvalue weighted by molar-refractivity contribution is 5.80. The van der Waals surface area contributed by atoms with Crippen molar-refractivity contribution < 1.29 is 4.39 Å². The van der Waals surface area contributed by atoms with E-state index in [1.165, 1.54) is 19.4 Å². The van der Waals surface area contributed by atoms with Crippen molar-refractivity contribution in [1.82, 2.24) is 15.5 Å². The second kappa shape index (κ2) is 9.18. The standard InChI is InChI=1S/C20H33FN4/c1-14(2)25-10-6-7-17(13-25)12-23-20(22-5)24-16(4)18-9-8-15(3)19(21)11-18/h8-9,11,14,16-17H,6-7,10,12-13H2,1-5H3,(H2,22,23,24). The molecule has 0 bridgehead atoms. The van der Waals surface area contributed by atoms with E-state index in [-0.39, 0.29) is 11.9 Å². The molecule has 0 radical (unpaired) electrons. The predicted molar refractivity (Wildman–Crippen MR) is 103 cm³/mol. The van der Waals surface area contributed by atoms with Crippen LogP contribution in [0.15, 0.2) is 23.2 Å². The van der Waals surface area contributed by atoms with Gasteiger partial charge in [0.15, 0.2) is 5.96 Å². The summed E-state index contributed by atoms with van der Waals surface area (Å²) in [5, 5.41) is 6.81. The Hall–Kier alpha value is -1.62. The molecule has 0 aromatic heterocycles.